The molecule has 1 fully saturated rings. The third-order valence-electron chi connectivity index (χ3n) is 10.9. The van der Waals surface area contributed by atoms with Gasteiger partial charge in [0.2, 0.25) is 0 Å². The minimum absolute atomic E-state index is 0. The molecule has 0 amide bonds. The number of aryl methyl sites for hydroxylation is 1. The predicted octanol–water partition coefficient (Wildman–Crippen LogP) is 3.01. The first-order valence-corrected chi connectivity index (χ1v) is 27.0. The van der Waals surface area contributed by atoms with Crippen LogP contribution in [-0.2, 0) is 56.2 Å². The summed E-state index contributed by atoms with van der Waals surface area (Å²) in [5, 5.41) is 0. The summed E-state index contributed by atoms with van der Waals surface area (Å²) in [7, 11) is -12.3. The maximum atomic E-state index is 14.1. The van der Waals surface area contributed by atoms with E-state index in [1.54, 1.807) is 34.1 Å². The maximum Gasteiger partial charge on any atom is 0.262 e. The standard InChI is InChI=1S/C49H59N7O6S3.ClH/c1-40-29-31-46(32-30-40)65(61,62)51-47(50-45-27-17-8-18-28-45)37-55(35-43-23-13-6-14-24-43)49(53-64(3,59)60)39-56(36-44-25-15-7-16-26-44)48(52-63(2,57)58)38-54(33-41-19-9-4-10-20-41)34-42-21-11-5-12-22-42;/h4-7,9-16,19-26,29-32,45H,8,17-18,27-28,33-39H2,1-3H3,(H,50,51);1H/b52-48+,53-49+;. The van der Waals surface area contributed by atoms with E-state index in [1.807, 2.05) is 128 Å². The first-order chi connectivity index (χ1) is 31.1. The molecule has 0 unspecified atom stereocenters. The van der Waals surface area contributed by atoms with E-state index in [0.717, 1.165) is 77.3 Å². The molecule has 352 valence electrons. The highest BCUT2D eigenvalue weighted by Crippen LogP contribution is 2.21. The van der Waals surface area contributed by atoms with Crippen LogP contribution >= 0.6 is 0 Å². The number of amidine groups is 3. The topological polar surface area (TPSA) is 162 Å². The maximum absolute atomic E-state index is 14.1. The Balaban J connectivity index is 0.00000817. The van der Waals surface area contributed by atoms with Crippen molar-refractivity contribution in [3.05, 3.63) is 173 Å². The van der Waals surface area contributed by atoms with E-state index in [9.17, 15) is 25.3 Å². The van der Waals surface area contributed by atoms with Crippen molar-refractivity contribution in [3.8, 4) is 0 Å². The zero-order chi connectivity index (χ0) is 46.3. The molecule has 17 heteroatoms. The van der Waals surface area contributed by atoms with Crippen LogP contribution in [0.4, 0.5) is 0 Å². The van der Waals surface area contributed by atoms with Crippen LogP contribution in [0.25, 0.3) is 0 Å². The average Bonchev–Trinajstić information content (AvgIpc) is 3.26. The van der Waals surface area contributed by atoms with Gasteiger partial charge in [-0.15, -0.1) is 8.80 Å². The molecule has 5 aromatic rings. The highest BCUT2D eigenvalue weighted by atomic mass is 35.5. The Labute approximate surface area is 398 Å². The highest BCUT2D eigenvalue weighted by Gasteiger charge is 2.28. The highest BCUT2D eigenvalue weighted by molar-refractivity contribution is 7.90. The summed E-state index contributed by atoms with van der Waals surface area (Å²) in [4.78, 5) is 9.56. The van der Waals surface area contributed by atoms with Gasteiger partial charge in [-0.1, -0.05) is 158 Å². The second-order valence-electron chi connectivity index (χ2n) is 16.7. The van der Waals surface area contributed by atoms with Gasteiger partial charge in [0.25, 0.3) is 30.1 Å². The van der Waals surface area contributed by atoms with Crippen molar-refractivity contribution in [2.75, 3.05) is 32.1 Å². The summed E-state index contributed by atoms with van der Waals surface area (Å²) in [6, 6.07) is 45.1. The Morgan fingerprint density at radius 1 is 0.576 bits per heavy atom. The van der Waals surface area contributed by atoms with E-state index in [-0.39, 0.29) is 73.6 Å². The Kier molecular flexibility index (Phi) is 19.1. The van der Waals surface area contributed by atoms with Gasteiger partial charge in [0.1, 0.15) is 31.3 Å². The minimum atomic E-state index is -4.13. The number of halogens is 1. The van der Waals surface area contributed by atoms with Crippen LogP contribution in [0, 0.1) is 6.92 Å². The van der Waals surface area contributed by atoms with Gasteiger partial charge in [-0.25, -0.2) is 25.3 Å². The quantitative estimate of drug-likeness (QED) is 0.0944. The predicted molar refractivity (Wildman–Crippen MR) is 260 cm³/mol. The molecule has 0 aliphatic heterocycles. The van der Waals surface area contributed by atoms with E-state index in [0.29, 0.717) is 13.1 Å². The van der Waals surface area contributed by atoms with Crippen molar-refractivity contribution in [1.82, 2.24) is 14.5 Å². The largest absolute Gasteiger partial charge is 1.00 e. The third-order valence-corrected chi connectivity index (χ3v) is 13.4. The molecular weight excluding hydrogens is 914 g/mol. The summed E-state index contributed by atoms with van der Waals surface area (Å²) in [5.41, 5.74) is 4.60. The van der Waals surface area contributed by atoms with Crippen molar-refractivity contribution in [2.24, 2.45) is 13.8 Å². The Morgan fingerprint density at radius 3 is 1.45 bits per heavy atom. The number of benzene rings is 5. The molecule has 0 spiro atoms. The van der Waals surface area contributed by atoms with Gasteiger partial charge in [0, 0.05) is 24.2 Å². The van der Waals surface area contributed by atoms with Crippen LogP contribution in [0.3, 0.4) is 0 Å². The number of aliphatic imine (C=N–C) groups is 1. The molecule has 66 heavy (non-hydrogen) atoms. The number of nitrogens with one attached hydrogen (secondary N) is 2. The lowest BCUT2D eigenvalue weighted by Gasteiger charge is -2.33. The number of quaternary nitrogens is 1. The fraction of sp³-hybridized carbons (Fsp3) is 0.327. The molecule has 5 aromatic carbocycles. The van der Waals surface area contributed by atoms with Gasteiger partial charge < -0.3 is 27.1 Å². The second-order valence-corrected chi connectivity index (χ2v) is 21.7. The first-order valence-electron chi connectivity index (χ1n) is 21.8. The van der Waals surface area contributed by atoms with Crippen LogP contribution in [0.5, 0.6) is 0 Å². The fourth-order valence-electron chi connectivity index (χ4n) is 7.85. The number of sulfonamides is 3. The van der Waals surface area contributed by atoms with Gasteiger partial charge in [-0.2, -0.15) is 0 Å². The van der Waals surface area contributed by atoms with E-state index in [4.69, 9.17) is 4.99 Å². The number of nitrogens with zero attached hydrogens (tertiary/aromatic N) is 5. The lowest BCUT2D eigenvalue weighted by atomic mass is 9.96. The van der Waals surface area contributed by atoms with Gasteiger partial charge in [0.15, 0.2) is 5.84 Å². The average molecular weight is 975 g/mol. The monoisotopic (exact) mass is 973 g/mol. The lowest BCUT2D eigenvalue weighted by molar-refractivity contribution is -0.919. The van der Waals surface area contributed by atoms with Gasteiger partial charge in [-0.3, -0.25) is 9.71 Å². The van der Waals surface area contributed by atoms with Gasteiger partial charge in [-0.05, 0) is 43.0 Å². The molecule has 0 bridgehead atoms. The smallest absolute Gasteiger partial charge is 0.262 e. The summed E-state index contributed by atoms with van der Waals surface area (Å²) >= 11 is 0. The fourth-order valence-corrected chi connectivity index (χ4v) is 10.0. The zero-order valence-electron chi connectivity index (χ0n) is 37.7. The molecule has 0 atom stereocenters. The zero-order valence-corrected chi connectivity index (χ0v) is 40.9. The molecule has 1 aliphatic carbocycles. The minimum Gasteiger partial charge on any atom is -1.00 e. The molecule has 0 aromatic heterocycles. The van der Waals surface area contributed by atoms with Crippen molar-refractivity contribution in [2.45, 2.75) is 76.1 Å². The summed E-state index contributed by atoms with van der Waals surface area (Å²) in [6.45, 7) is 2.96. The Hall–Kier alpha value is -5.39. The summed E-state index contributed by atoms with van der Waals surface area (Å²) in [6.07, 6.45) is 6.56. The Bertz CT molecular complexity index is 2680. The number of hydrogen-bond acceptors (Lipinski definition) is 7. The van der Waals surface area contributed by atoms with Gasteiger partial charge >= 0.3 is 0 Å². The van der Waals surface area contributed by atoms with Crippen LogP contribution in [0.2, 0.25) is 0 Å². The van der Waals surface area contributed by atoms with Crippen molar-refractivity contribution in [1.29, 1.82) is 0 Å². The summed E-state index contributed by atoms with van der Waals surface area (Å²) < 4.78 is 93.3. The first kappa shape index (κ1) is 51.6. The van der Waals surface area contributed by atoms with Crippen LogP contribution < -0.4 is 22.0 Å². The number of rotatable bonds is 19. The Morgan fingerprint density at radius 2 is 1.00 bits per heavy atom. The molecule has 1 saturated carbocycles. The molecule has 2 N–H and O–H groups in total. The van der Waals surface area contributed by atoms with Crippen LogP contribution in [0.1, 0.15) is 59.9 Å². The van der Waals surface area contributed by atoms with Crippen LogP contribution in [0.15, 0.2) is 164 Å². The van der Waals surface area contributed by atoms with Crippen LogP contribution in [-0.4, -0.2) is 90.7 Å². The molecular formula is C49H60ClN7O6S3. The normalized spacial score (nSPS) is 14.4. The third kappa shape index (κ3) is 17.4. The molecule has 6 rings (SSSR count). The molecule has 13 nitrogen and oxygen atoms in total. The van der Waals surface area contributed by atoms with Crippen molar-refractivity contribution < 1.29 is 42.6 Å². The molecule has 0 heterocycles. The van der Waals surface area contributed by atoms with Crippen molar-refractivity contribution in [3.63, 3.8) is 0 Å². The lowest BCUT2D eigenvalue weighted by Crippen LogP contribution is -3.10. The molecule has 0 saturated heterocycles. The molecule has 1 aliphatic rings. The van der Waals surface area contributed by atoms with E-state index >= 15 is 0 Å². The van der Waals surface area contributed by atoms with E-state index < -0.39 is 30.1 Å². The second kappa shape index (κ2) is 24.4. The van der Waals surface area contributed by atoms with E-state index in [1.165, 1.54) is 0 Å². The SMILES string of the molecule is Cc1ccc(S(=O)(=O)NC(CN(Cc2ccccc2)/C(CN(Cc2ccccc2)/C(C[NH+](Cc2ccccc2)Cc2ccccc2)=N/S(C)(=O)=O)=N/S(C)(=O)=O)=NC2CCCCC2)cc1.[Cl-]. The number of hydrogen-bond donors (Lipinski definition) is 2. The summed E-state index contributed by atoms with van der Waals surface area (Å²) in [5.74, 6) is 0.387. The molecule has 0 radical (unpaired) electrons. The van der Waals surface area contributed by atoms with Gasteiger partial charge in [0.05, 0.1) is 36.5 Å². The van der Waals surface area contributed by atoms with E-state index in [2.05, 4.69) is 13.5 Å². The van der Waals surface area contributed by atoms with Crippen molar-refractivity contribution >= 4 is 47.6 Å².